The first-order valence-corrected chi connectivity index (χ1v) is 7.44. The molecular formula is C11H12N4O2S2. The molecule has 100 valence electrons. The van der Waals surface area contributed by atoms with Crippen LogP contribution in [0.1, 0.15) is 23.2 Å². The summed E-state index contributed by atoms with van der Waals surface area (Å²) in [4.78, 5) is 23.1. The first-order chi connectivity index (χ1) is 9.25. The van der Waals surface area contributed by atoms with Crippen LogP contribution in [0.25, 0.3) is 0 Å². The van der Waals surface area contributed by atoms with Crippen LogP contribution >= 0.6 is 22.7 Å². The van der Waals surface area contributed by atoms with Crippen molar-refractivity contribution in [1.82, 2.24) is 15.5 Å². The van der Waals surface area contributed by atoms with Crippen molar-refractivity contribution in [2.24, 2.45) is 0 Å². The minimum atomic E-state index is -0.124. The van der Waals surface area contributed by atoms with Gasteiger partial charge < -0.3 is 10.6 Å². The summed E-state index contributed by atoms with van der Waals surface area (Å²) in [6, 6.07) is 1.77. The van der Waals surface area contributed by atoms with Gasteiger partial charge in [-0.05, 0) is 17.9 Å². The third-order valence-corrected chi connectivity index (χ3v) is 3.55. The van der Waals surface area contributed by atoms with Crippen molar-refractivity contribution in [3.63, 3.8) is 0 Å². The van der Waals surface area contributed by atoms with Gasteiger partial charge in [-0.25, -0.2) is 0 Å². The lowest BCUT2D eigenvalue weighted by Crippen LogP contribution is -2.25. The summed E-state index contributed by atoms with van der Waals surface area (Å²) in [6.45, 7) is 0.470. The summed E-state index contributed by atoms with van der Waals surface area (Å²) in [6.07, 6.45) is 0.921. The van der Waals surface area contributed by atoms with E-state index < -0.39 is 0 Å². The van der Waals surface area contributed by atoms with Crippen molar-refractivity contribution in [3.8, 4) is 0 Å². The summed E-state index contributed by atoms with van der Waals surface area (Å²) in [5, 5.41) is 16.9. The number of hydrogen-bond donors (Lipinski definition) is 2. The number of rotatable bonds is 6. The highest BCUT2D eigenvalue weighted by Crippen LogP contribution is 2.08. The fraction of sp³-hybridized carbons (Fsp3) is 0.273. The van der Waals surface area contributed by atoms with Crippen LogP contribution in [0.15, 0.2) is 22.3 Å². The maximum atomic E-state index is 11.6. The number of carbonyl (C=O) groups excluding carboxylic acids is 2. The van der Waals surface area contributed by atoms with Gasteiger partial charge in [-0.2, -0.15) is 11.3 Å². The Labute approximate surface area is 117 Å². The number of anilines is 1. The van der Waals surface area contributed by atoms with E-state index in [0.29, 0.717) is 30.1 Å². The van der Waals surface area contributed by atoms with Crippen LogP contribution in [0.2, 0.25) is 0 Å². The van der Waals surface area contributed by atoms with E-state index >= 15 is 0 Å². The highest BCUT2D eigenvalue weighted by atomic mass is 32.1. The molecule has 2 rings (SSSR count). The highest BCUT2D eigenvalue weighted by molar-refractivity contribution is 7.13. The number of hydrogen-bond acceptors (Lipinski definition) is 6. The third-order valence-electron chi connectivity index (χ3n) is 2.26. The molecule has 0 unspecified atom stereocenters. The zero-order valence-electron chi connectivity index (χ0n) is 9.96. The Bertz CT molecular complexity index is 525. The van der Waals surface area contributed by atoms with Gasteiger partial charge in [0, 0.05) is 23.9 Å². The van der Waals surface area contributed by atoms with E-state index in [4.69, 9.17) is 0 Å². The Hall–Kier alpha value is -1.80. The van der Waals surface area contributed by atoms with E-state index in [2.05, 4.69) is 20.8 Å². The molecule has 0 saturated carbocycles. The molecule has 2 aromatic heterocycles. The molecule has 0 aromatic carbocycles. The topological polar surface area (TPSA) is 84.0 Å². The van der Waals surface area contributed by atoms with Crippen LogP contribution in [0.5, 0.6) is 0 Å². The van der Waals surface area contributed by atoms with Crippen molar-refractivity contribution < 1.29 is 9.59 Å². The molecule has 8 heteroatoms. The van der Waals surface area contributed by atoms with Crippen molar-refractivity contribution in [2.45, 2.75) is 12.8 Å². The Kier molecular flexibility index (Phi) is 4.99. The second kappa shape index (κ2) is 6.95. The molecule has 19 heavy (non-hydrogen) atoms. The predicted molar refractivity (Wildman–Crippen MR) is 74.4 cm³/mol. The van der Waals surface area contributed by atoms with Crippen LogP contribution in [-0.4, -0.2) is 28.6 Å². The van der Waals surface area contributed by atoms with Crippen LogP contribution < -0.4 is 10.6 Å². The lowest BCUT2D eigenvalue weighted by atomic mass is 10.2. The van der Waals surface area contributed by atoms with E-state index in [-0.39, 0.29) is 11.8 Å². The van der Waals surface area contributed by atoms with E-state index in [1.807, 2.05) is 5.38 Å². The Balaban J connectivity index is 1.61. The maximum Gasteiger partial charge on any atom is 0.252 e. The standard InChI is InChI=1S/C11H12N4O2S2/c16-9(14-11-15-13-7-19-11)2-1-4-12-10(17)8-3-5-18-6-8/h3,5-7H,1-2,4H2,(H,12,17)(H,14,15,16). The molecule has 0 spiro atoms. The minimum Gasteiger partial charge on any atom is -0.352 e. The molecule has 0 aliphatic rings. The van der Waals surface area contributed by atoms with Gasteiger partial charge in [0.05, 0.1) is 0 Å². The fourth-order valence-electron chi connectivity index (χ4n) is 1.36. The molecule has 0 aliphatic carbocycles. The molecule has 2 heterocycles. The molecule has 0 atom stereocenters. The summed E-state index contributed by atoms with van der Waals surface area (Å²) in [5.41, 5.74) is 2.21. The first-order valence-electron chi connectivity index (χ1n) is 5.62. The zero-order valence-corrected chi connectivity index (χ0v) is 11.6. The molecule has 0 radical (unpaired) electrons. The summed E-state index contributed by atoms with van der Waals surface area (Å²) in [7, 11) is 0. The first kappa shape index (κ1) is 13.6. The van der Waals surface area contributed by atoms with Gasteiger partial charge in [-0.1, -0.05) is 11.3 Å². The third kappa shape index (κ3) is 4.42. The lowest BCUT2D eigenvalue weighted by Gasteiger charge is -2.03. The SMILES string of the molecule is O=C(CCCNC(=O)c1ccsc1)Nc1nncs1. The number of nitrogens with zero attached hydrogens (tertiary/aromatic N) is 2. The van der Waals surface area contributed by atoms with Crippen LogP contribution in [0, 0.1) is 0 Å². The molecule has 0 fully saturated rings. The normalized spacial score (nSPS) is 10.1. The molecule has 2 N–H and O–H groups in total. The Morgan fingerprint density at radius 3 is 2.95 bits per heavy atom. The van der Waals surface area contributed by atoms with Gasteiger partial charge in [0.2, 0.25) is 11.0 Å². The second-order valence-electron chi connectivity index (χ2n) is 3.66. The van der Waals surface area contributed by atoms with Crippen molar-refractivity contribution in [3.05, 3.63) is 27.9 Å². The van der Waals surface area contributed by atoms with E-state index in [1.165, 1.54) is 22.7 Å². The van der Waals surface area contributed by atoms with Gasteiger partial charge in [0.25, 0.3) is 5.91 Å². The van der Waals surface area contributed by atoms with Crippen LogP contribution in [-0.2, 0) is 4.79 Å². The number of aromatic nitrogens is 2. The molecule has 2 amide bonds. The van der Waals surface area contributed by atoms with E-state index in [1.54, 1.807) is 17.0 Å². The molecule has 0 aliphatic heterocycles. The van der Waals surface area contributed by atoms with Gasteiger partial charge >= 0.3 is 0 Å². The number of carbonyl (C=O) groups is 2. The monoisotopic (exact) mass is 296 g/mol. The number of thiophene rings is 1. The lowest BCUT2D eigenvalue weighted by molar-refractivity contribution is -0.116. The molecule has 6 nitrogen and oxygen atoms in total. The minimum absolute atomic E-state index is 0.106. The van der Waals surface area contributed by atoms with Crippen LogP contribution in [0.3, 0.4) is 0 Å². The predicted octanol–water partition coefficient (Wildman–Crippen LogP) is 1.75. The number of nitrogens with one attached hydrogen (secondary N) is 2. The van der Waals surface area contributed by atoms with Gasteiger partial charge in [0.15, 0.2) is 0 Å². The summed E-state index contributed by atoms with van der Waals surface area (Å²) < 4.78 is 0. The Morgan fingerprint density at radius 2 is 2.26 bits per heavy atom. The zero-order chi connectivity index (χ0) is 13.5. The van der Waals surface area contributed by atoms with Crippen molar-refractivity contribution >= 4 is 39.6 Å². The second-order valence-corrected chi connectivity index (χ2v) is 5.28. The van der Waals surface area contributed by atoms with Crippen LogP contribution in [0.4, 0.5) is 5.13 Å². The Morgan fingerprint density at radius 1 is 1.37 bits per heavy atom. The largest absolute Gasteiger partial charge is 0.352 e. The average molecular weight is 296 g/mol. The van der Waals surface area contributed by atoms with Crippen molar-refractivity contribution in [2.75, 3.05) is 11.9 Å². The number of amides is 2. The maximum absolute atomic E-state index is 11.6. The van der Waals surface area contributed by atoms with Gasteiger partial charge in [-0.3, -0.25) is 9.59 Å². The van der Waals surface area contributed by atoms with Gasteiger partial charge in [0.1, 0.15) is 5.51 Å². The summed E-state index contributed by atoms with van der Waals surface area (Å²) in [5.74, 6) is -0.229. The van der Waals surface area contributed by atoms with Gasteiger partial charge in [-0.15, -0.1) is 10.2 Å². The summed E-state index contributed by atoms with van der Waals surface area (Å²) >= 11 is 2.75. The average Bonchev–Trinajstić information content (AvgIpc) is 3.06. The van der Waals surface area contributed by atoms with E-state index in [9.17, 15) is 9.59 Å². The molecule has 2 aromatic rings. The molecule has 0 saturated heterocycles. The smallest absolute Gasteiger partial charge is 0.252 e. The van der Waals surface area contributed by atoms with Crippen molar-refractivity contribution in [1.29, 1.82) is 0 Å². The van der Waals surface area contributed by atoms with E-state index in [0.717, 1.165) is 0 Å². The highest BCUT2D eigenvalue weighted by Gasteiger charge is 2.07. The molecular weight excluding hydrogens is 284 g/mol. The fourth-order valence-corrected chi connectivity index (χ4v) is 2.45. The quantitative estimate of drug-likeness (QED) is 0.795. The molecule has 0 bridgehead atoms.